The van der Waals surface area contributed by atoms with Crippen LogP contribution in [0.5, 0.6) is 0 Å². The number of hydrogen-bond donors (Lipinski definition) is 6. The smallest absolute Gasteiger partial charge is 0.326 e. The lowest BCUT2D eigenvalue weighted by atomic mass is 10.0. The highest BCUT2D eigenvalue weighted by Gasteiger charge is 2.31. The third-order valence-corrected chi connectivity index (χ3v) is 3.72. The molecule has 10 heteroatoms. The van der Waals surface area contributed by atoms with Gasteiger partial charge in [-0.3, -0.25) is 14.4 Å². The van der Waals surface area contributed by atoms with Crippen LogP contribution < -0.4 is 22.1 Å². The SMILES string of the molecule is CC(O)C(NC(=O)C(N)CC(N)=O)C(=O)NC(Cc1ccccc1)C(=O)O. The average molecular weight is 380 g/mol. The van der Waals surface area contributed by atoms with E-state index in [4.69, 9.17) is 11.5 Å². The Morgan fingerprint density at radius 3 is 2.15 bits per heavy atom. The number of carbonyl (C=O) groups is 4. The standard InChI is InChI=1S/C17H24N4O6/c1-9(22)14(21-15(24)11(18)8-13(19)23)16(25)20-12(17(26)27)7-10-5-3-2-4-6-10/h2-6,9,11-12,14,22H,7-8,18H2,1H3,(H2,19,23)(H,20,25)(H,21,24)(H,26,27). The number of primary amides is 1. The summed E-state index contributed by atoms with van der Waals surface area (Å²) in [5, 5.41) is 23.6. The summed E-state index contributed by atoms with van der Waals surface area (Å²) < 4.78 is 0. The number of hydrogen-bond acceptors (Lipinski definition) is 6. The van der Waals surface area contributed by atoms with E-state index in [0.717, 1.165) is 0 Å². The van der Waals surface area contributed by atoms with E-state index in [0.29, 0.717) is 5.56 Å². The number of nitrogens with one attached hydrogen (secondary N) is 2. The van der Waals surface area contributed by atoms with Crippen LogP contribution in [0.1, 0.15) is 18.9 Å². The summed E-state index contributed by atoms with van der Waals surface area (Å²) in [5.41, 5.74) is 11.1. The van der Waals surface area contributed by atoms with Crippen molar-refractivity contribution < 1.29 is 29.4 Å². The first kappa shape index (κ1) is 22.1. The molecular weight excluding hydrogens is 356 g/mol. The van der Waals surface area contributed by atoms with Crippen molar-refractivity contribution in [2.75, 3.05) is 0 Å². The molecule has 3 amide bonds. The maximum absolute atomic E-state index is 12.4. The van der Waals surface area contributed by atoms with Gasteiger partial charge in [0.05, 0.1) is 18.6 Å². The highest BCUT2D eigenvalue weighted by atomic mass is 16.4. The molecule has 1 aromatic rings. The Bertz CT molecular complexity index is 679. The molecule has 0 saturated heterocycles. The molecule has 4 unspecified atom stereocenters. The minimum Gasteiger partial charge on any atom is -0.480 e. The lowest BCUT2D eigenvalue weighted by Crippen LogP contribution is -2.58. The first-order valence-corrected chi connectivity index (χ1v) is 8.21. The van der Waals surface area contributed by atoms with Gasteiger partial charge in [-0.25, -0.2) is 4.79 Å². The molecule has 10 nitrogen and oxygen atoms in total. The van der Waals surface area contributed by atoms with E-state index in [1.165, 1.54) is 6.92 Å². The highest BCUT2D eigenvalue weighted by Crippen LogP contribution is 2.05. The fourth-order valence-electron chi connectivity index (χ4n) is 2.29. The molecule has 1 rings (SSSR count). The molecule has 0 spiro atoms. The van der Waals surface area contributed by atoms with Crippen molar-refractivity contribution in [1.82, 2.24) is 10.6 Å². The van der Waals surface area contributed by atoms with Gasteiger partial charge in [-0.1, -0.05) is 30.3 Å². The van der Waals surface area contributed by atoms with Gasteiger partial charge in [0.1, 0.15) is 12.1 Å². The van der Waals surface area contributed by atoms with E-state index in [1.807, 2.05) is 0 Å². The van der Waals surface area contributed by atoms with E-state index < -0.39 is 54.3 Å². The molecule has 0 aliphatic carbocycles. The number of carbonyl (C=O) groups excluding carboxylic acids is 3. The molecule has 0 aliphatic rings. The molecule has 0 aliphatic heterocycles. The molecule has 27 heavy (non-hydrogen) atoms. The van der Waals surface area contributed by atoms with E-state index in [-0.39, 0.29) is 6.42 Å². The molecule has 4 atom stereocenters. The van der Waals surface area contributed by atoms with Crippen molar-refractivity contribution in [2.24, 2.45) is 11.5 Å². The van der Waals surface area contributed by atoms with Crippen molar-refractivity contribution in [3.05, 3.63) is 35.9 Å². The van der Waals surface area contributed by atoms with Gasteiger partial charge in [0.25, 0.3) is 0 Å². The third-order valence-electron chi connectivity index (χ3n) is 3.72. The summed E-state index contributed by atoms with van der Waals surface area (Å²) in [6.07, 6.45) is -1.75. The molecule has 8 N–H and O–H groups in total. The number of carboxylic acids is 1. The van der Waals surface area contributed by atoms with Crippen molar-refractivity contribution in [3.8, 4) is 0 Å². The number of benzene rings is 1. The molecule has 148 valence electrons. The van der Waals surface area contributed by atoms with Gasteiger partial charge in [0.15, 0.2) is 0 Å². The predicted octanol–water partition coefficient (Wildman–Crippen LogP) is -2.13. The summed E-state index contributed by atoms with van der Waals surface area (Å²) >= 11 is 0. The van der Waals surface area contributed by atoms with Gasteiger partial charge in [0.2, 0.25) is 17.7 Å². The second-order valence-corrected chi connectivity index (χ2v) is 6.09. The van der Waals surface area contributed by atoms with Crippen LogP contribution in [-0.2, 0) is 25.6 Å². The van der Waals surface area contributed by atoms with Gasteiger partial charge >= 0.3 is 5.97 Å². The monoisotopic (exact) mass is 380 g/mol. The number of aliphatic carboxylic acids is 1. The van der Waals surface area contributed by atoms with Crippen LogP contribution in [0.4, 0.5) is 0 Å². The maximum atomic E-state index is 12.4. The minimum atomic E-state index is -1.45. The van der Waals surface area contributed by atoms with Crippen molar-refractivity contribution in [2.45, 2.75) is 44.0 Å². The zero-order valence-corrected chi connectivity index (χ0v) is 14.8. The third kappa shape index (κ3) is 7.42. The summed E-state index contributed by atoms with van der Waals surface area (Å²) in [6, 6.07) is 4.64. The van der Waals surface area contributed by atoms with Gasteiger partial charge in [-0.05, 0) is 12.5 Å². The lowest BCUT2D eigenvalue weighted by molar-refractivity contribution is -0.143. The van der Waals surface area contributed by atoms with Gasteiger partial charge < -0.3 is 32.3 Å². The molecule has 0 radical (unpaired) electrons. The number of aliphatic hydroxyl groups is 1. The van der Waals surface area contributed by atoms with Crippen molar-refractivity contribution in [3.63, 3.8) is 0 Å². The van der Waals surface area contributed by atoms with Crippen LogP contribution in [-0.4, -0.2) is 58.1 Å². The minimum absolute atomic E-state index is 0.0174. The summed E-state index contributed by atoms with van der Waals surface area (Å²) in [5.74, 6) is -3.84. The Kier molecular flexibility index (Phi) is 8.36. The fourth-order valence-corrected chi connectivity index (χ4v) is 2.29. The molecular formula is C17H24N4O6. The zero-order chi connectivity index (χ0) is 20.6. The first-order chi connectivity index (χ1) is 12.6. The van der Waals surface area contributed by atoms with E-state index in [2.05, 4.69) is 10.6 Å². The van der Waals surface area contributed by atoms with E-state index in [9.17, 15) is 29.4 Å². The molecule has 0 saturated carbocycles. The Morgan fingerprint density at radius 1 is 1.07 bits per heavy atom. The highest BCUT2D eigenvalue weighted by molar-refractivity contribution is 5.93. The van der Waals surface area contributed by atoms with Gasteiger partial charge in [-0.2, -0.15) is 0 Å². The number of carboxylic acid groups (broad SMARTS) is 1. The Balaban J connectivity index is 2.81. The van der Waals surface area contributed by atoms with Crippen LogP contribution in [0.3, 0.4) is 0 Å². The maximum Gasteiger partial charge on any atom is 0.326 e. The van der Waals surface area contributed by atoms with Gasteiger partial charge in [0, 0.05) is 6.42 Å². The van der Waals surface area contributed by atoms with Crippen LogP contribution in [0.15, 0.2) is 30.3 Å². The number of nitrogens with two attached hydrogens (primary N) is 2. The predicted molar refractivity (Wildman–Crippen MR) is 95.1 cm³/mol. The van der Waals surface area contributed by atoms with Crippen LogP contribution in [0.2, 0.25) is 0 Å². The van der Waals surface area contributed by atoms with Crippen LogP contribution >= 0.6 is 0 Å². The molecule has 0 aromatic heterocycles. The van der Waals surface area contributed by atoms with Gasteiger partial charge in [-0.15, -0.1) is 0 Å². The second-order valence-electron chi connectivity index (χ2n) is 6.09. The lowest BCUT2D eigenvalue weighted by Gasteiger charge is -2.24. The number of amides is 3. The average Bonchev–Trinajstić information content (AvgIpc) is 2.58. The quantitative estimate of drug-likeness (QED) is 0.267. The van der Waals surface area contributed by atoms with Crippen LogP contribution in [0.25, 0.3) is 0 Å². The van der Waals surface area contributed by atoms with Crippen LogP contribution in [0, 0.1) is 0 Å². The van der Waals surface area contributed by atoms with Crippen molar-refractivity contribution in [1.29, 1.82) is 0 Å². The summed E-state index contributed by atoms with van der Waals surface area (Å²) in [6.45, 7) is 1.25. The Hall–Kier alpha value is -2.98. The number of rotatable bonds is 10. The number of aliphatic hydroxyl groups excluding tert-OH is 1. The largest absolute Gasteiger partial charge is 0.480 e. The Morgan fingerprint density at radius 2 is 1.67 bits per heavy atom. The summed E-state index contributed by atoms with van der Waals surface area (Å²) in [4.78, 5) is 46.6. The van der Waals surface area contributed by atoms with E-state index >= 15 is 0 Å². The summed E-state index contributed by atoms with van der Waals surface area (Å²) in [7, 11) is 0. The second kappa shape index (κ2) is 10.2. The van der Waals surface area contributed by atoms with Crippen molar-refractivity contribution >= 4 is 23.7 Å². The van der Waals surface area contributed by atoms with E-state index in [1.54, 1.807) is 30.3 Å². The first-order valence-electron chi connectivity index (χ1n) is 8.21. The topological polar surface area (TPSA) is 185 Å². The zero-order valence-electron chi connectivity index (χ0n) is 14.8. The molecule has 0 fully saturated rings. The molecule has 0 heterocycles. The molecule has 0 bridgehead atoms. The fraction of sp³-hybridized carbons (Fsp3) is 0.412. The normalized spacial score (nSPS) is 15.1. The molecule has 1 aromatic carbocycles. The Labute approximate surface area is 155 Å².